The molecule has 0 aliphatic heterocycles. The number of nitriles is 1. The Hall–Kier alpha value is -0.840. The van der Waals surface area contributed by atoms with Gasteiger partial charge in [-0.05, 0) is 24.2 Å². The zero-order valence-corrected chi connectivity index (χ0v) is 8.26. The first kappa shape index (κ1) is 8.74. The van der Waals surface area contributed by atoms with Crippen molar-refractivity contribution in [1.29, 1.82) is 5.26 Å². The van der Waals surface area contributed by atoms with Gasteiger partial charge in [0.15, 0.2) is 0 Å². The molecule has 2 nitrogen and oxygen atoms in total. The monoisotopic (exact) mass is 177 g/mol. The van der Waals surface area contributed by atoms with Crippen LogP contribution < -0.4 is 0 Å². The fourth-order valence-electron chi connectivity index (χ4n) is 3.26. The third kappa shape index (κ3) is 0.802. The van der Waals surface area contributed by atoms with Crippen LogP contribution in [0, 0.1) is 28.1 Å². The summed E-state index contributed by atoms with van der Waals surface area (Å²) < 4.78 is 0. The lowest BCUT2D eigenvalue weighted by atomic mass is 9.67. The molecule has 2 bridgehead atoms. The van der Waals surface area contributed by atoms with Gasteiger partial charge >= 0.3 is 0 Å². The van der Waals surface area contributed by atoms with Gasteiger partial charge in [0.2, 0.25) is 0 Å². The van der Waals surface area contributed by atoms with Crippen molar-refractivity contribution >= 4 is 5.78 Å². The minimum atomic E-state index is -0.187. The summed E-state index contributed by atoms with van der Waals surface area (Å²) in [5, 5.41) is 8.79. The lowest BCUT2D eigenvalue weighted by Crippen LogP contribution is -2.34. The molecule has 1 unspecified atom stereocenters. The third-order valence-electron chi connectivity index (χ3n) is 4.65. The molecule has 2 aliphatic carbocycles. The van der Waals surface area contributed by atoms with Gasteiger partial charge in [-0.3, -0.25) is 4.79 Å². The van der Waals surface area contributed by atoms with E-state index in [0.29, 0.717) is 24.5 Å². The lowest BCUT2D eigenvalue weighted by Gasteiger charge is -2.34. The summed E-state index contributed by atoms with van der Waals surface area (Å²) in [4.78, 5) is 11.7. The van der Waals surface area contributed by atoms with Crippen LogP contribution in [-0.2, 0) is 4.79 Å². The van der Waals surface area contributed by atoms with Crippen molar-refractivity contribution in [3.63, 3.8) is 0 Å². The van der Waals surface area contributed by atoms with Crippen LogP contribution in [0.1, 0.15) is 39.5 Å². The summed E-state index contributed by atoms with van der Waals surface area (Å²) >= 11 is 0. The second-order valence-electron chi connectivity index (χ2n) is 4.95. The van der Waals surface area contributed by atoms with Crippen molar-refractivity contribution < 1.29 is 4.79 Å². The van der Waals surface area contributed by atoms with Gasteiger partial charge in [0.1, 0.15) is 5.78 Å². The summed E-state index contributed by atoms with van der Waals surface area (Å²) in [5.41, 5.74) is -0.216. The molecule has 2 aliphatic rings. The van der Waals surface area contributed by atoms with Gasteiger partial charge in [-0.1, -0.05) is 13.8 Å². The van der Waals surface area contributed by atoms with Gasteiger partial charge in [-0.25, -0.2) is 0 Å². The fourth-order valence-corrected chi connectivity index (χ4v) is 3.26. The highest BCUT2D eigenvalue weighted by Crippen LogP contribution is 2.65. The smallest absolute Gasteiger partial charge is 0.139 e. The number of carbonyl (C=O) groups is 1. The van der Waals surface area contributed by atoms with Crippen molar-refractivity contribution in [2.75, 3.05) is 0 Å². The average molecular weight is 177 g/mol. The SMILES string of the molecule is CC1(CC#N)[C@H]2CC[C@]1(C)C(=O)C2. The highest BCUT2D eigenvalue weighted by atomic mass is 16.1. The van der Waals surface area contributed by atoms with Gasteiger partial charge in [-0.2, -0.15) is 5.26 Å². The quantitative estimate of drug-likeness (QED) is 0.616. The zero-order chi connectivity index (χ0) is 9.69. The van der Waals surface area contributed by atoms with E-state index in [2.05, 4.69) is 19.9 Å². The normalized spacial score (nSPS) is 48.1. The Bertz CT molecular complexity index is 304. The van der Waals surface area contributed by atoms with Crippen LogP contribution in [0.25, 0.3) is 0 Å². The molecular weight excluding hydrogens is 162 g/mol. The van der Waals surface area contributed by atoms with Crippen LogP contribution in [0.3, 0.4) is 0 Å². The van der Waals surface area contributed by atoms with Crippen LogP contribution in [0.4, 0.5) is 0 Å². The minimum Gasteiger partial charge on any atom is -0.299 e. The summed E-state index contributed by atoms with van der Waals surface area (Å²) in [6.45, 7) is 4.18. The molecule has 70 valence electrons. The first-order chi connectivity index (χ1) is 6.04. The molecule has 0 aromatic heterocycles. The molecule has 0 saturated heterocycles. The Morgan fingerprint density at radius 2 is 2.31 bits per heavy atom. The molecule has 2 fully saturated rings. The van der Waals surface area contributed by atoms with Crippen molar-refractivity contribution in [3.8, 4) is 6.07 Å². The number of nitrogens with zero attached hydrogens (tertiary/aromatic N) is 1. The van der Waals surface area contributed by atoms with E-state index in [9.17, 15) is 4.79 Å². The molecule has 2 saturated carbocycles. The summed E-state index contributed by atoms with van der Waals surface area (Å²) in [6.07, 6.45) is 3.39. The Morgan fingerprint density at radius 1 is 1.62 bits per heavy atom. The third-order valence-corrected chi connectivity index (χ3v) is 4.65. The number of ketones is 1. The molecule has 0 N–H and O–H groups in total. The molecule has 0 aromatic rings. The predicted octanol–water partition coefficient (Wildman–Crippen LogP) is 2.30. The average Bonchev–Trinajstić information content (AvgIpc) is 2.39. The van der Waals surface area contributed by atoms with E-state index in [1.54, 1.807) is 0 Å². The second-order valence-corrected chi connectivity index (χ2v) is 4.95. The maximum atomic E-state index is 11.7. The largest absolute Gasteiger partial charge is 0.299 e. The van der Waals surface area contributed by atoms with Crippen LogP contribution in [0.5, 0.6) is 0 Å². The highest BCUT2D eigenvalue weighted by molar-refractivity contribution is 5.89. The number of hydrogen-bond donors (Lipinski definition) is 0. The lowest BCUT2D eigenvalue weighted by molar-refractivity contribution is -0.128. The molecule has 3 atom stereocenters. The van der Waals surface area contributed by atoms with E-state index in [4.69, 9.17) is 5.26 Å². The molecule has 0 aromatic carbocycles. The van der Waals surface area contributed by atoms with Gasteiger partial charge in [0.25, 0.3) is 0 Å². The van der Waals surface area contributed by atoms with Crippen LogP contribution in [0.2, 0.25) is 0 Å². The van der Waals surface area contributed by atoms with Gasteiger partial charge in [-0.15, -0.1) is 0 Å². The number of Topliss-reactive ketones (excluding diaryl/α,β-unsaturated/α-hetero) is 1. The predicted molar refractivity (Wildman–Crippen MR) is 48.8 cm³/mol. The molecule has 2 rings (SSSR count). The topological polar surface area (TPSA) is 40.9 Å². The van der Waals surface area contributed by atoms with Crippen molar-refractivity contribution in [2.45, 2.75) is 39.5 Å². The summed E-state index contributed by atoms with van der Waals surface area (Å²) in [7, 11) is 0. The van der Waals surface area contributed by atoms with E-state index in [1.807, 2.05) is 0 Å². The Balaban J connectivity index is 2.42. The van der Waals surface area contributed by atoms with Gasteiger partial charge in [0, 0.05) is 18.3 Å². The standard InChI is InChI=1S/C11H15NO/c1-10(5-6-12)8-3-4-11(10,2)9(13)7-8/h8H,3-5,7H2,1-2H3/t8-,10?,11+/m0/s1. The molecule has 0 heterocycles. The van der Waals surface area contributed by atoms with Crippen molar-refractivity contribution in [2.24, 2.45) is 16.7 Å². The Kier molecular flexibility index (Phi) is 1.58. The van der Waals surface area contributed by atoms with Crippen LogP contribution in [-0.4, -0.2) is 5.78 Å². The van der Waals surface area contributed by atoms with Crippen molar-refractivity contribution in [1.82, 2.24) is 0 Å². The number of carbonyl (C=O) groups excluding carboxylic acids is 1. The summed E-state index contributed by atoms with van der Waals surface area (Å²) in [6, 6.07) is 2.24. The van der Waals surface area contributed by atoms with E-state index < -0.39 is 0 Å². The number of rotatable bonds is 1. The summed E-state index contributed by atoms with van der Waals surface area (Å²) in [5.74, 6) is 0.867. The first-order valence-corrected chi connectivity index (χ1v) is 4.95. The first-order valence-electron chi connectivity index (χ1n) is 4.95. The molecular formula is C11H15NO. The molecule has 2 heteroatoms. The number of fused-ring (bicyclic) bond motifs is 2. The van der Waals surface area contributed by atoms with Crippen LogP contribution in [0.15, 0.2) is 0 Å². The minimum absolute atomic E-state index is 0.0289. The maximum Gasteiger partial charge on any atom is 0.139 e. The molecule has 0 amide bonds. The molecule has 13 heavy (non-hydrogen) atoms. The van der Waals surface area contributed by atoms with Crippen molar-refractivity contribution in [3.05, 3.63) is 0 Å². The van der Waals surface area contributed by atoms with E-state index in [0.717, 1.165) is 12.8 Å². The molecule has 0 spiro atoms. The maximum absolute atomic E-state index is 11.7. The van der Waals surface area contributed by atoms with E-state index in [1.165, 1.54) is 0 Å². The zero-order valence-electron chi connectivity index (χ0n) is 8.26. The second kappa shape index (κ2) is 2.35. The fraction of sp³-hybridized carbons (Fsp3) is 0.818. The Morgan fingerprint density at radius 3 is 2.69 bits per heavy atom. The number of hydrogen-bond acceptors (Lipinski definition) is 2. The van der Waals surface area contributed by atoms with Crippen LogP contribution >= 0.6 is 0 Å². The van der Waals surface area contributed by atoms with E-state index in [-0.39, 0.29) is 10.8 Å². The molecule has 0 radical (unpaired) electrons. The van der Waals surface area contributed by atoms with Gasteiger partial charge < -0.3 is 0 Å². The van der Waals surface area contributed by atoms with E-state index >= 15 is 0 Å². The highest BCUT2D eigenvalue weighted by Gasteiger charge is 2.63. The Labute approximate surface area is 78.9 Å². The van der Waals surface area contributed by atoms with Gasteiger partial charge in [0.05, 0.1) is 6.07 Å².